The van der Waals surface area contributed by atoms with Gasteiger partial charge in [0.25, 0.3) is 0 Å². The summed E-state index contributed by atoms with van der Waals surface area (Å²) in [5.74, 6) is 1.92. The van der Waals surface area contributed by atoms with Gasteiger partial charge in [0.1, 0.15) is 6.10 Å². The molecule has 2 fully saturated rings. The number of aromatic nitrogens is 2. The fourth-order valence-electron chi connectivity index (χ4n) is 3.90. The van der Waals surface area contributed by atoms with E-state index in [0.29, 0.717) is 0 Å². The second-order valence-corrected chi connectivity index (χ2v) is 7.28. The Labute approximate surface area is 151 Å². The van der Waals surface area contributed by atoms with Crippen LogP contribution >= 0.6 is 0 Å². The van der Waals surface area contributed by atoms with Crippen molar-refractivity contribution in [1.29, 1.82) is 0 Å². The summed E-state index contributed by atoms with van der Waals surface area (Å²) in [6.07, 6.45) is 12.3. The third-order valence-electron chi connectivity index (χ3n) is 5.32. The van der Waals surface area contributed by atoms with Crippen LogP contribution in [0.1, 0.15) is 57.1 Å². The van der Waals surface area contributed by atoms with Crippen molar-refractivity contribution >= 4 is 5.96 Å². The molecule has 1 unspecified atom stereocenters. The summed E-state index contributed by atoms with van der Waals surface area (Å²) in [4.78, 5) is 7.26. The third-order valence-corrected chi connectivity index (χ3v) is 5.32. The van der Waals surface area contributed by atoms with E-state index in [9.17, 15) is 0 Å². The summed E-state index contributed by atoms with van der Waals surface area (Å²) in [5.41, 5.74) is 1.14. The normalized spacial score (nSPS) is 23.0. The van der Waals surface area contributed by atoms with Crippen molar-refractivity contribution in [2.45, 2.75) is 51.6 Å². The van der Waals surface area contributed by atoms with E-state index in [-0.39, 0.29) is 6.10 Å². The predicted molar refractivity (Wildman–Crippen MR) is 101 cm³/mol. The van der Waals surface area contributed by atoms with Gasteiger partial charge in [0.05, 0.1) is 19.3 Å². The molecule has 3 rings (SSSR count). The van der Waals surface area contributed by atoms with Crippen molar-refractivity contribution in [2.24, 2.45) is 18.0 Å². The van der Waals surface area contributed by atoms with Crippen LogP contribution in [0.2, 0.25) is 0 Å². The van der Waals surface area contributed by atoms with E-state index >= 15 is 0 Å². The molecule has 1 atom stereocenters. The molecule has 2 aliphatic rings. The molecule has 1 saturated carbocycles. The number of nitrogens with zero attached hydrogens (tertiary/aromatic N) is 4. The van der Waals surface area contributed by atoms with Crippen LogP contribution in [0.25, 0.3) is 0 Å². The topological polar surface area (TPSA) is 54.7 Å². The van der Waals surface area contributed by atoms with E-state index in [1.165, 1.54) is 38.5 Å². The van der Waals surface area contributed by atoms with Crippen molar-refractivity contribution in [1.82, 2.24) is 20.0 Å². The Bertz CT molecular complexity index is 550. The van der Waals surface area contributed by atoms with Gasteiger partial charge in [0, 0.05) is 38.4 Å². The van der Waals surface area contributed by atoms with Crippen LogP contribution in [-0.4, -0.2) is 53.4 Å². The number of ether oxygens (including phenoxy) is 1. The van der Waals surface area contributed by atoms with Gasteiger partial charge < -0.3 is 15.0 Å². The van der Waals surface area contributed by atoms with Gasteiger partial charge in [0.15, 0.2) is 5.96 Å². The minimum absolute atomic E-state index is 0.0738. The Morgan fingerprint density at radius 2 is 2.20 bits per heavy atom. The van der Waals surface area contributed by atoms with Gasteiger partial charge in [-0.3, -0.25) is 9.67 Å². The highest BCUT2D eigenvalue weighted by Crippen LogP contribution is 2.26. The molecule has 1 aromatic heterocycles. The van der Waals surface area contributed by atoms with Gasteiger partial charge in [-0.05, 0) is 19.3 Å². The Hall–Kier alpha value is -1.56. The fourth-order valence-corrected chi connectivity index (χ4v) is 3.90. The quantitative estimate of drug-likeness (QED) is 0.657. The lowest BCUT2D eigenvalue weighted by atomic mass is 9.87. The van der Waals surface area contributed by atoms with Crippen molar-refractivity contribution in [3.8, 4) is 0 Å². The lowest BCUT2D eigenvalue weighted by Crippen LogP contribution is -2.48. The summed E-state index contributed by atoms with van der Waals surface area (Å²) in [7, 11) is 1.95. The van der Waals surface area contributed by atoms with E-state index in [1.54, 1.807) is 0 Å². The van der Waals surface area contributed by atoms with Crippen molar-refractivity contribution in [2.75, 3.05) is 32.8 Å². The highest BCUT2D eigenvalue weighted by molar-refractivity contribution is 5.80. The van der Waals surface area contributed by atoms with Crippen LogP contribution < -0.4 is 5.32 Å². The predicted octanol–water partition coefficient (Wildman–Crippen LogP) is 2.73. The number of hydrogen-bond acceptors (Lipinski definition) is 3. The minimum Gasteiger partial charge on any atom is -0.370 e. The molecule has 0 aromatic carbocycles. The SMILES string of the molecule is CCNC(=NCCC1CCCCC1)N1CCOC(c2cnn(C)c2)C1. The molecule has 140 valence electrons. The molecule has 1 saturated heterocycles. The smallest absolute Gasteiger partial charge is 0.194 e. The maximum atomic E-state index is 5.96. The van der Waals surface area contributed by atoms with E-state index in [0.717, 1.165) is 50.2 Å². The van der Waals surface area contributed by atoms with Crippen molar-refractivity contribution in [3.05, 3.63) is 18.0 Å². The molecule has 1 aliphatic carbocycles. The molecule has 0 amide bonds. The summed E-state index contributed by atoms with van der Waals surface area (Å²) in [6.45, 7) is 6.42. The molecular weight excluding hydrogens is 314 g/mol. The maximum Gasteiger partial charge on any atom is 0.194 e. The monoisotopic (exact) mass is 347 g/mol. The zero-order chi connectivity index (χ0) is 17.5. The van der Waals surface area contributed by atoms with Crippen molar-refractivity contribution < 1.29 is 4.74 Å². The first-order valence-corrected chi connectivity index (χ1v) is 9.89. The number of nitrogens with one attached hydrogen (secondary N) is 1. The van der Waals surface area contributed by atoms with Crippen molar-refractivity contribution in [3.63, 3.8) is 0 Å². The first-order valence-electron chi connectivity index (χ1n) is 9.89. The lowest BCUT2D eigenvalue weighted by molar-refractivity contribution is -0.00805. The molecule has 0 bridgehead atoms. The summed E-state index contributed by atoms with van der Waals surface area (Å²) in [5, 5.41) is 7.74. The fraction of sp³-hybridized carbons (Fsp3) is 0.789. The lowest BCUT2D eigenvalue weighted by Gasteiger charge is -2.35. The molecule has 6 heteroatoms. The van der Waals surface area contributed by atoms with Gasteiger partial charge in [-0.1, -0.05) is 32.1 Å². The zero-order valence-corrected chi connectivity index (χ0v) is 15.8. The Morgan fingerprint density at radius 1 is 1.36 bits per heavy atom. The van der Waals surface area contributed by atoms with E-state index in [4.69, 9.17) is 9.73 Å². The largest absolute Gasteiger partial charge is 0.370 e. The first-order chi connectivity index (χ1) is 12.3. The highest BCUT2D eigenvalue weighted by atomic mass is 16.5. The third kappa shape index (κ3) is 5.21. The second kappa shape index (κ2) is 9.22. The molecule has 25 heavy (non-hydrogen) atoms. The number of aryl methyl sites for hydroxylation is 1. The molecule has 6 nitrogen and oxygen atoms in total. The van der Waals surface area contributed by atoms with Gasteiger partial charge >= 0.3 is 0 Å². The van der Waals surface area contributed by atoms with Crippen LogP contribution in [0.5, 0.6) is 0 Å². The van der Waals surface area contributed by atoms with Crippen LogP contribution in [-0.2, 0) is 11.8 Å². The van der Waals surface area contributed by atoms with Gasteiger partial charge in [-0.15, -0.1) is 0 Å². The average Bonchev–Trinajstić information content (AvgIpc) is 3.08. The van der Waals surface area contributed by atoms with Gasteiger partial charge in [-0.2, -0.15) is 5.10 Å². The average molecular weight is 348 g/mol. The number of morpholine rings is 1. The molecule has 2 heterocycles. The Balaban J connectivity index is 1.57. The molecule has 1 aliphatic heterocycles. The number of aliphatic imine (C=N–C) groups is 1. The zero-order valence-electron chi connectivity index (χ0n) is 15.8. The standard InChI is InChI=1S/C19H33N5O/c1-3-20-19(21-10-9-16-7-5-4-6-8-16)24-11-12-25-18(15-24)17-13-22-23(2)14-17/h13-14,16,18H,3-12,15H2,1-2H3,(H,20,21). The number of rotatable bonds is 5. The molecular formula is C19H33N5O. The highest BCUT2D eigenvalue weighted by Gasteiger charge is 2.25. The Morgan fingerprint density at radius 3 is 2.92 bits per heavy atom. The van der Waals surface area contributed by atoms with Crippen LogP contribution in [0.15, 0.2) is 17.4 Å². The van der Waals surface area contributed by atoms with E-state index < -0.39 is 0 Å². The molecule has 0 radical (unpaired) electrons. The summed E-state index contributed by atoms with van der Waals surface area (Å²) in [6, 6.07) is 0. The molecule has 0 spiro atoms. The molecule has 1 aromatic rings. The van der Waals surface area contributed by atoms with E-state index in [2.05, 4.69) is 22.2 Å². The van der Waals surface area contributed by atoms with Crippen LogP contribution in [0.4, 0.5) is 0 Å². The minimum atomic E-state index is 0.0738. The Kier molecular flexibility index (Phi) is 6.73. The van der Waals surface area contributed by atoms with E-state index in [1.807, 2.05) is 24.1 Å². The molecule has 1 N–H and O–H groups in total. The second-order valence-electron chi connectivity index (χ2n) is 7.28. The van der Waals surface area contributed by atoms with Crippen LogP contribution in [0, 0.1) is 5.92 Å². The van der Waals surface area contributed by atoms with Gasteiger partial charge in [-0.25, -0.2) is 0 Å². The number of hydrogen-bond donors (Lipinski definition) is 1. The summed E-state index contributed by atoms with van der Waals surface area (Å²) < 4.78 is 7.79. The maximum absolute atomic E-state index is 5.96. The summed E-state index contributed by atoms with van der Waals surface area (Å²) >= 11 is 0. The van der Waals surface area contributed by atoms with Crippen LogP contribution in [0.3, 0.4) is 0 Å². The van der Waals surface area contributed by atoms with Gasteiger partial charge in [0.2, 0.25) is 0 Å². The first kappa shape index (κ1) is 18.2. The number of guanidine groups is 1.